The van der Waals surface area contributed by atoms with Gasteiger partial charge in [0.25, 0.3) is 0 Å². The van der Waals surface area contributed by atoms with Crippen molar-refractivity contribution in [3.63, 3.8) is 0 Å². The number of ether oxygens (including phenoxy) is 1. The lowest BCUT2D eigenvalue weighted by Crippen LogP contribution is -2.27. The number of anilines is 1. The first-order valence-corrected chi connectivity index (χ1v) is 13.1. The molecule has 0 fully saturated rings. The molecule has 0 radical (unpaired) electrons. The van der Waals surface area contributed by atoms with Crippen LogP contribution in [0.25, 0.3) is 23.1 Å². The molecule has 1 aliphatic heterocycles. The van der Waals surface area contributed by atoms with E-state index in [9.17, 15) is 5.26 Å². The summed E-state index contributed by atoms with van der Waals surface area (Å²) >= 11 is 6.15. The quantitative estimate of drug-likeness (QED) is 0.212. The Morgan fingerprint density at radius 3 is 2.74 bits per heavy atom. The highest BCUT2D eigenvalue weighted by Gasteiger charge is 2.30. The molecule has 3 aromatic carbocycles. The molecule has 0 spiro atoms. The predicted octanol–water partition coefficient (Wildman–Crippen LogP) is 7.76. The first-order chi connectivity index (χ1) is 18.7. The Labute approximate surface area is 228 Å². The van der Waals surface area contributed by atoms with Gasteiger partial charge in [-0.25, -0.2) is 4.98 Å². The van der Waals surface area contributed by atoms with Crippen molar-refractivity contribution in [2.75, 3.05) is 18.1 Å². The number of unbranched alkanes of at least 4 members (excludes halogenated alkanes) is 1. The number of para-hydroxylation sites is 1. The summed E-state index contributed by atoms with van der Waals surface area (Å²) in [5.74, 6) is 0.741. The van der Waals surface area contributed by atoms with E-state index in [4.69, 9.17) is 26.6 Å². The van der Waals surface area contributed by atoms with Gasteiger partial charge in [-0.05, 0) is 72.4 Å². The second-order valence-corrected chi connectivity index (χ2v) is 9.73. The maximum absolute atomic E-state index is 9.18. The van der Waals surface area contributed by atoms with Crippen LogP contribution in [0.15, 0.2) is 72.8 Å². The van der Waals surface area contributed by atoms with Crippen LogP contribution < -0.4 is 9.64 Å². The van der Waals surface area contributed by atoms with Crippen LogP contribution in [0.1, 0.15) is 47.7 Å². The van der Waals surface area contributed by atoms with Gasteiger partial charge in [-0.1, -0.05) is 60.1 Å². The monoisotopic (exact) mass is 518 g/mol. The molecule has 5 nitrogen and oxygen atoms in total. The first kappa shape index (κ1) is 25.3. The third-order valence-electron chi connectivity index (χ3n) is 6.84. The lowest BCUT2D eigenvalue weighted by Gasteiger charge is -2.32. The maximum atomic E-state index is 9.18. The topological polar surface area (TPSA) is 72.9 Å². The van der Waals surface area contributed by atoms with Crippen LogP contribution in [-0.2, 0) is 6.42 Å². The van der Waals surface area contributed by atoms with E-state index in [1.165, 1.54) is 11.1 Å². The summed E-state index contributed by atoms with van der Waals surface area (Å²) in [6.45, 7) is 0.877. The summed E-state index contributed by atoms with van der Waals surface area (Å²) in [7, 11) is 0. The third kappa shape index (κ3) is 5.65. The van der Waals surface area contributed by atoms with Crippen LogP contribution in [0.4, 0.5) is 5.69 Å². The van der Waals surface area contributed by atoms with Crippen molar-refractivity contribution >= 4 is 40.3 Å². The van der Waals surface area contributed by atoms with Crippen molar-refractivity contribution in [3.05, 3.63) is 100 Å². The standard InChI is InChI=1S/C32H27ClN4O/c33-27-13-11-24-12-15-28(36-29(24)22-27)14-10-23-5-3-7-26(21-23)30(8-1-2-17-34)37-19-16-25-6-4-9-31(32(25)37)38-20-18-35/h3-7,9-15,21-22,30H,1-2,8,16,19-20H2/b14-10+. The SMILES string of the molecule is N#CCCCC(c1cccc(/C=C/c2ccc3ccc(Cl)cc3n2)c1)N1CCc2cccc(OCC#N)c21. The number of nitriles is 2. The van der Waals surface area contributed by atoms with Gasteiger partial charge in [0, 0.05) is 23.4 Å². The molecule has 0 amide bonds. The van der Waals surface area contributed by atoms with Crippen molar-refractivity contribution in [2.45, 2.75) is 31.7 Å². The molecule has 1 aromatic heterocycles. The van der Waals surface area contributed by atoms with E-state index in [0.29, 0.717) is 11.4 Å². The lowest BCUT2D eigenvalue weighted by atomic mass is 9.97. The molecule has 1 unspecified atom stereocenters. The molecule has 1 atom stereocenters. The molecule has 5 rings (SSSR count). The van der Waals surface area contributed by atoms with Crippen LogP contribution in [0.5, 0.6) is 5.75 Å². The lowest BCUT2D eigenvalue weighted by molar-refractivity contribution is 0.367. The number of aromatic nitrogens is 1. The van der Waals surface area contributed by atoms with E-state index in [1.807, 2.05) is 42.5 Å². The van der Waals surface area contributed by atoms with E-state index in [-0.39, 0.29) is 12.6 Å². The van der Waals surface area contributed by atoms with Gasteiger partial charge in [0.2, 0.25) is 0 Å². The van der Waals surface area contributed by atoms with Gasteiger partial charge in [0.1, 0.15) is 11.8 Å². The number of nitrogens with zero attached hydrogens (tertiary/aromatic N) is 4. The third-order valence-corrected chi connectivity index (χ3v) is 7.08. The minimum absolute atomic E-state index is 0.0126. The number of pyridine rings is 1. The summed E-state index contributed by atoms with van der Waals surface area (Å²) in [4.78, 5) is 7.12. The summed E-state index contributed by atoms with van der Waals surface area (Å²) in [6.07, 6.45) is 7.18. The molecular weight excluding hydrogens is 492 g/mol. The maximum Gasteiger partial charge on any atom is 0.174 e. The zero-order valence-electron chi connectivity index (χ0n) is 21.0. The van der Waals surface area contributed by atoms with E-state index in [2.05, 4.69) is 59.5 Å². The summed E-state index contributed by atoms with van der Waals surface area (Å²) in [5.41, 5.74) is 6.28. The fraction of sp³-hybridized carbons (Fsp3) is 0.219. The van der Waals surface area contributed by atoms with E-state index >= 15 is 0 Å². The number of rotatable bonds is 9. The number of fused-ring (bicyclic) bond motifs is 2. The van der Waals surface area contributed by atoms with Gasteiger partial charge < -0.3 is 9.64 Å². The molecule has 0 bridgehead atoms. The molecule has 188 valence electrons. The van der Waals surface area contributed by atoms with Gasteiger partial charge in [-0.15, -0.1) is 0 Å². The Balaban J connectivity index is 1.45. The molecule has 1 aliphatic rings. The minimum atomic E-state index is 0.0126. The Hall–Kier alpha value is -4.32. The molecule has 2 heterocycles. The Kier molecular flexibility index (Phi) is 7.88. The van der Waals surface area contributed by atoms with Crippen LogP contribution in [0.3, 0.4) is 0 Å². The highest BCUT2D eigenvalue weighted by atomic mass is 35.5. The van der Waals surface area contributed by atoms with Crippen molar-refractivity contribution < 1.29 is 4.74 Å². The van der Waals surface area contributed by atoms with Crippen molar-refractivity contribution in [2.24, 2.45) is 0 Å². The average Bonchev–Trinajstić information content (AvgIpc) is 3.37. The Morgan fingerprint density at radius 1 is 1.00 bits per heavy atom. The van der Waals surface area contributed by atoms with Gasteiger partial charge >= 0.3 is 0 Å². The van der Waals surface area contributed by atoms with Crippen LogP contribution in [0, 0.1) is 22.7 Å². The molecule has 38 heavy (non-hydrogen) atoms. The van der Waals surface area contributed by atoms with Crippen molar-refractivity contribution in [1.82, 2.24) is 4.98 Å². The molecular formula is C32H27ClN4O. The van der Waals surface area contributed by atoms with Crippen LogP contribution in [-0.4, -0.2) is 18.1 Å². The molecule has 0 aliphatic carbocycles. The van der Waals surface area contributed by atoms with Crippen molar-refractivity contribution in [3.8, 4) is 17.9 Å². The average molecular weight is 519 g/mol. The Bertz CT molecular complexity index is 1570. The number of halogens is 1. The van der Waals surface area contributed by atoms with Gasteiger partial charge in [-0.3, -0.25) is 0 Å². The largest absolute Gasteiger partial charge is 0.477 e. The van der Waals surface area contributed by atoms with E-state index in [1.54, 1.807) is 0 Å². The number of hydrogen-bond acceptors (Lipinski definition) is 5. The molecule has 6 heteroatoms. The fourth-order valence-corrected chi connectivity index (χ4v) is 5.28. The molecule has 4 aromatic rings. The van der Waals surface area contributed by atoms with E-state index < -0.39 is 0 Å². The fourth-order valence-electron chi connectivity index (χ4n) is 5.11. The summed E-state index contributed by atoms with van der Waals surface area (Å²) in [6, 6.07) is 28.8. The molecule has 0 saturated carbocycles. The summed E-state index contributed by atoms with van der Waals surface area (Å²) < 4.78 is 5.81. The highest BCUT2D eigenvalue weighted by Crippen LogP contribution is 2.43. The Morgan fingerprint density at radius 2 is 1.87 bits per heavy atom. The number of benzene rings is 3. The molecule has 0 saturated heterocycles. The molecule has 0 N–H and O–H groups in total. The first-order valence-electron chi connectivity index (χ1n) is 12.8. The van der Waals surface area contributed by atoms with Gasteiger partial charge in [-0.2, -0.15) is 10.5 Å². The zero-order valence-corrected chi connectivity index (χ0v) is 21.7. The second-order valence-electron chi connectivity index (χ2n) is 9.30. The van der Waals surface area contributed by atoms with Crippen LogP contribution in [0.2, 0.25) is 5.02 Å². The zero-order chi connectivity index (χ0) is 26.3. The highest BCUT2D eigenvalue weighted by molar-refractivity contribution is 6.31. The van der Waals surface area contributed by atoms with Gasteiger partial charge in [0.15, 0.2) is 6.61 Å². The van der Waals surface area contributed by atoms with E-state index in [0.717, 1.165) is 59.4 Å². The summed E-state index contributed by atoms with van der Waals surface area (Å²) in [5, 5.41) is 20.0. The van der Waals surface area contributed by atoms with Crippen LogP contribution >= 0.6 is 11.6 Å². The number of hydrogen-bond donors (Lipinski definition) is 0. The van der Waals surface area contributed by atoms with Gasteiger partial charge in [0.05, 0.1) is 29.0 Å². The minimum Gasteiger partial charge on any atom is -0.477 e. The smallest absolute Gasteiger partial charge is 0.174 e. The van der Waals surface area contributed by atoms with Crippen molar-refractivity contribution in [1.29, 1.82) is 10.5 Å². The predicted molar refractivity (Wildman–Crippen MR) is 153 cm³/mol. The normalized spacial score (nSPS) is 13.3. The second kappa shape index (κ2) is 11.8.